The fraction of sp³-hybridized carbons (Fsp3) is 0.190. The van der Waals surface area contributed by atoms with E-state index in [1.807, 2.05) is 66.7 Å². The van der Waals surface area contributed by atoms with Crippen molar-refractivity contribution in [3.8, 4) is 5.75 Å². The van der Waals surface area contributed by atoms with Crippen molar-refractivity contribution < 1.29 is 9.53 Å². The first kappa shape index (κ1) is 21.1. The highest BCUT2D eigenvalue weighted by Gasteiger charge is 2.11. The summed E-state index contributed by atoms with van der Waals surface area (Å²) in [4.78, 5) is 18.3. The summed E-state index contributed by atoms with van der Waals surface area (Å²) < 4.78 is 6.65. The predicted molar refractivity (Wildman–Crippen MR) is 120 cm³/mol. The van der Waals surface area contributed by atoms with Crippen LogP contribution in [0.2, 0.25) is 0 Å². The third-order valence-corrected chi connectivity index (χ3v) is 5.34. The quantitative estimate of drug-likeness (QED) is 0.468. The Hall–Kier alpha value is -2.58. The van der Waals surface area contributed by atoms with Gasteiger partial charge in [0.15, 0.2) is 0 Å². The molecule has 0 radical (unpaired) electrons. The number of rotatable bonds is 9. The van der Waals surface area contributed by atoms with Crippen LogP contribution in [0.4, 0.5) is 0 Å². The van der Waals surface area contributed by atoms with Gasteiger partial charge in [0.2, 0.25) is 11.1 Å². The Balaban J connectivity index is 1.40. The van der Waals surface area contributed by atoms with E-state index in [9.17, 15) is 4.79 Å². The molecular weight excluding hydrogens is 452 g/mol. The monoisotopic (exact) mass is 472 g/mol. The number of nitrogens with one attached hydrogen (secondary N) is 1. The standard InChI is InChI=1S/C21H21BrN4O2S/c1-26(13-14-28-18-10-8-17(22)9-11-18)20(27)15-29-21-23-19(24-25-21)12-7-16-5-3-2-4-6-16/h2-12H,13-15H2,1H3,(H,23,24,25)/b12-7+. The van der Waals surface area contributed by atoms with Gasteiger partial charge in [0.05, 0.1) is 12.3 Å². The van der Waals surface area contributed by atoms with Crippen LogP contribution < -0.4 is 4.74 Å². The Morgan fingerprint density at radius 1 is 1.17 bits per heavy atom. The van der Waals surface area contributed by atoms with Crippen molar-refractivity contribution in [3.05, 3.63) is 70.5 Å². The summed E-state index contributed by atoms with van der Waals surface area (Å²) in [6, 6.07) is 17.6. The lowest BCUT2D eigenvalue weighted by molar-refractivity contribution is -0.127. The van der Waals surface area contributed by atoms with E-state index >= 15 is 0 Å². The molecular formula is C21H21BrN4O2S. The summed E-state index contributed by atoms with van der Waals surface area (Å²) in [6.45, 7) is 0.943. The highest BCUT2D eigenvalue weighted by atomic mass is 79.9. The number of likely N-dealkylation sites (N-methyl/N-ethyl adjacent to an activating group) is 1. The summed E-state index contributed by atoms with van der Waals surface area (Å²) >= 11 is 4.69. The molecule has 8 heteroatoms. The topological polar surface area (TPSA) is 71.1 Å². The minimum absolute atomic E-state index is 0.000541. The molecule has 0 aliphatic carbocycles. The lowest BCUT2D eigenvalue weighted by atomic mass is 10.2. The molecule has 6 nitrogen and oxygen atoms in total. The van der Waals surface area contributed by atoms with Gasteiger partial charge in [0.1, 0.15) is 18.2 Å². The van der Waals surface area contributed by atoms with Crippen LogP contribution in [0.25, 0.3) is 12.2 Å². The number of thioether (sulfide) groups is 1. The SMILES string of the molecule is CN(CCOc1ccc(Br)cc1)C(=O)CSc1n[nH]c(/C=C/c2ccccc2)n1. The zero-order chi connectivity index (χ0) is 20.5. The Kier molecular flexibility index (Phi) is 7.89. The molecule has 0 fully saturated rings. The second-order valence-electron chi connectivity index (χ2n) is 6.15. The van der Waals surface area contributed by atoms with Gasteiger partial charge in [-0.25, -0.2) is 4.98 Å². The first-order valence-corrected chi connectivity index (χ1v) is 10.8. The molecule has 3 aromatic rings. The van der Waals surface area contributed by atoms with Crippen LogP contribution >= 0.6 is 27.7 Å². The van der Waals surface area contributed by atoms with Crippen LogP contribution in [0.3, 0.4) is 0 Å². The van der Waals surface area contributed by atoms with Crippen molar-refractivity contribution in [2.75, 3.05) is 26.0 Å². The molecule has 2 aromatic carbocycles. The van der Waals surface area contributed by atoms with E-state index in [-0.39, 0.29) is 11.7 Å². The van der Waals surface area contributed by atoms with Crippen molar-refractivity contribution in [1.29, 1.82) is 0 Å². The van der Waals surface area contributed by atoms with Crippen LogP contribution in [0, 0.1) is 0 Å². The van der Waals surface area contributed by atoms with E-state index < -0.39 is 0 Å². The first-order valence-electron chi connectivity index (χ1n) is 9.01. The van der Waals surface area contributed by atoms with Gasteiger partial charge in [-0.1, -0.05) is 64.1 Å². The molecule has 29 heavy (non-hydrogen) atoms. The third kappa shape index (κ3) is 7.07. The van der Waals surface area contributed by atoms with E-state index in [0.29, 0.717) is 24.1 Å². The van der Waals surface area contributed by atoms with Crippen LogP contribution in [-0.2, 0) is 4.79 Å². The number of carbonyl (C=O) groups excluding carboxylic acids is 1. The van der Waals surface area contributed by atoms with Gasteiger partial charge in [0.25, 0.3) is 0 Å². The highest BCUT2D eigenvalue weighted by molar-refractivity contribution is 9.10. The number of aromatic nitrogens is 3. The number of hydrogen-bond acceptors (Lipinski definition) is 5. The molecule has 0 saturated carbocycles. The lowest BCUT2D eigenvalue weighted by Crippen LogP contribution is -2.32. The maximum atomic E-state index is 12.3. The molecule has 0 aliphatic rings. The smallest absolute Gasteiger partial charge is 0.232 e. The van der Waals surface area contributed by atoms with Gasteiger partial charge in [-0.15, -0.1) is 5.10 Å². The van der Waals surface area contributed by atoms with Crippen LogP contribution in [0.15, 0.2) is 64.2 Å². The number of benzene rings is 2. The zero-order valence-corrected chi connectivity index (χ0v) is 18.3. The Morgan fingerprint density at radius 2 is 1.93 bits per heavy atom. The maximum absolute atomic E-state index is 12.3. The molecule has 0 aliphatic heterocycles. The number of ether oxygens (including phenoxy) is 1. The first-order chi connectivity index (χ1) is 14.1. The second-order valence-corrected chi connectivity index (χ2v) is 8.01. The summed E-state index contributed by atoms with van der Waals surface area (Å²) in [6.07, 6.45) is 3.82. The fourth-order valence-electron chi connectivity index (χ4n) is 2.33. The molecule has 0 saturated heterocycles. The fourth-order valence-corrected chi connectivity index (χ4v) is 3.34. The second kappa shape index (κ2) is 10.8. The summed E-state index contributed by atoms with van der Waals surface area (Å²) in [5.41, 5.74) is 1.08. The summed E-state index contributed by atoms with van der Waals surface area (Å²) in [5, 5.41) is 7.56. The van der Waals surface area contributed by atoms with Crippen molar-refractivity contribution in [3.63, 3.8) is 0 Å². The van der Waals surface area contributed by atoms with Crippen LogP contribution in [0.1, 0.15) is 11.4 Å². The number of halogens is 1. The van der Waals surface area contributed by atoms with Crippen molar-refractivity contribution in [2.45, 2.75) is 5.16 Å². The van der Waals surface area contributed by atoms with Gasteiger partial charge in [-0.3, -0.25) is 9.89 Å². The third-order valence-electron chi connectivity index (χ3n) is 3.97. The minimum Gasteiger partial charge on any atom is -0.492 e. The predicted octanol–water partition coefficient (Wildman–Crippen LogP) is 4.37. The average molecular weight is 473 g/mol. The van der Waals surface area contributed by atoms with Crippen molar-refractivity contribution in [1.82, 2.24) is 20.1 Å². The molecule has 1 N–H and O–H groups in total. The van der Waals surface area contributed by atoms with E-state index in [1.165, 1.54) is 11.8 Å². The van der Waals surface area contributed by atoms with E-state index in [0.717, 1.165) is 15.8 Å². The number of amides is 1. The average Bonchev–Trinajstić information content (AvgIpc) is 3.20. The molecule has 0 unspecified atom stereocenters. The number of hydrogen-bond donors (Lipinski definition) is 1. The number of nitrogens with zero attached hydrogens (tertiary/aromatic N) is 3. The minimum atomic E-state index is 0.000541. The molecule has 3 rings (SSSR count). The Labute approximate surface area is 182 Å². The molecule has 0 atom stereocenters. The molecule has 0 bridgehead atoms. The van der Waals surface area contributed by atoms with Gasteiger partial charge in [0, 0.05) is 11.5 Å². The molecule has 1 heterocycles. The summed E-state index contributed by atoms with van der Waals surface area (Å²) in [7, 11) is 1.76. The Morgan fingerprint density at radius 3 is 2.69 bits per heavy atom. The highest BCUT2D eigenvalue weighted by Crippen LogP contribution is 2.16. The van der Waals surface area contributed by atoms with E-state index in [1.54, 1.807) is 11.9 Å². The van der Waals surface area contributed by atoms with E-state index in [2.05, 4.69) is 31.1 Å². The van der Waals surface area contributed by atoms with Crippen LogP contribution in [0.5, 0.6) is 5.75 Å². The van der Waals surface area contributed by atoms with Crippen molar-refractivity contribution >= 4 is 45.8 Å². The number of H-pyrrole nitrogens is 1. The number of carbonyl (C=O) groups is 1. The molecule has 1 amide bonds. The molecule has 1 aromatic heterocycles. The van der Waals surface area contributed by atoms with Gasteiger partial charge in [-0.2, -0.15) is 0 Å². The van der Waals surface area contributed by atoms with Crippen molar-refractivity contribution in [2.24, 2.45) is 0 Å². The van der Waals surface area contributed by atoms with Gasteiger partial charge >= 0.3 is 0 Å². The zero-order valence-electron chi connectivity index (χ0n) is 15.9. The molecule has 150 valence electrons. The van der Waals surface area contributed by atoms with Crippen LogP contribution in [-0.4, -0.2) is 51.9 Å². The van der Waals surface area contributed by atoms with Gasteiger partial charge in [-0.05, 0) is 35.9 Å². The molecule has 0 spiro atoms. The largest absolute Gasteiger partial charge is 0.492 e. The Bertz CT molecular complexity index is 945. The summed E-state index contributed by atoms with van der Waals surface area (Å²) in [5.74, 6) is 1.70. The maximum Gasteiger partial charge on any atom is 0.232 e. The number of aromatic amines is 1. The normalized spacial score (nSPS) is 11.0. The lowest BCUT2D eigenvalue weighted by Gasteiger charge is -2.17. The van der Waals surface area contributed by atoms with Gasteiger partial charge < -0.3 is 9.64 Å². The van der Waals surface area contributed by atoms with E-state index in [4.69, 9.17) is 4.74 Å².